The molecule has 1 aliphatic heterocycles. The maximum Gasteiger partial charge on any atom is 0.290 e. The highest BCUT2D eigenvalue weighted by atomic mass is 16.5. The number of Topliss-reactive ketones (excluding diaryl/α,β-unsaturated/α-hetero) is 1. The fourth-order valence-corrected chi connectivity index (χ4v) is 4.52. The molecule has 1 aliphatic rings. The lowest BCUT2D eigenvalue weighted by molar-refractivity contribution is -0.130. The molecule has 1 atom stereocenters. The van der Waals surface area contributed by atoms with Crippen molar-refractivity contribution < 1.29 is 33.7 Å². The van der Waals surface area contributed by atoms with Gasteiger partial charge in [0.15, 0.2) is 23.0 Å². The molecule has 3 aromatic carbocycles. The Balaban J connectivity index is 1.60. The third-order valence-corrected chi connectivity index (χ3v) is 6.31. The molecule has 0 saturated carbocycles. The molecular formula is C29H25NO7. The van der Waals surface area contributed by atoms with Gasteiger partial charge in [0.2, 0.25) is 5.78 Å². The molecule has 2 heterocycles. The minimum absolute atomic E-state index is 0.00987. The van der Waals surface area contributed by atoms with Gasteiger partial charge in [-0.25, -0.2) is 0 Å². The molecule has 0 saturated heterocycles. The minimum atomic E-state index is -0.949. The van der Waals surface area contributed by atoms with E-state index in [4.69, 9.17) is 13.9 Å². The number of aliphatic hydroxyl groups is 1. The number of phenols is 1. The van der Waals surface area contributed by atoms with Crippen molar-refractivity contribution in [3.05, 3.63) is 101 Å². The first kappa shape index (κ1) is 24.0. The van der Waals surface area contributed by atoms with Crippen LogP contribution in [0.1, 0.15) is 34.6 Å². The van der Waals surface area contributed by atoms with Gasteiger partial charge in [0.1, 0.15) is 11.3 Å². The van der Waals surface area contributed by atoms with Crippen LogP contribution in [0, 0.1) is 0 Å². The Morgan fingerprint density at radius 3 is 2.49 bits per heavy atom. The van der Waals surface area contributed by atoms with E-state index in [2.05, 4.69) is 0 Å². The standard InChI is InChI=1S/C29H25NO7/c1-3-36-23-15-19(10-13-21(23)31)26-25(27(32)24-14-18-6-4-5-7-22(18)37-24)28(33)29(34)30(26)16-17-8-11-20(35-2)12-9-17/h4-15,26,31,33H,3,16H2,1-2H3. The maximum atomic E-state index is 13.7. The Morgan fingerprint density at radius 2 is 1.78 bits per heavy atom. The molecule has 188 valence electrons. The van der Waals surface area contributed by atoms with Gasteiger partial charge in [-0.1, -0.05) is 36.4 Å². The van der Waals surface area contributed by atoms with Crippen LogP contribution in [0.2, 0.25) is 0 Å². The summed E-state index contributed by atoms with van der Waals surface area (Å²) in [6, 6.07) is 19.6. The predicted molar refractivity (Wildman–Crippen MR) is 136 cm³/mol. The van der Waals surface area contributed by atoms with E-state index in [9.17, 15) is 19.8 Å². The summed E-state index contributed by atoms with van der Waals surface area (Å²) < 4.78 is 16.5. The van der Waals surface area contributed by atoms with Crippen LogP contribution in [0.3, 0.4) is 0 Å². The zero-order chi connectivity index (χ0) is 26.1. The van der Waals surface area contributed by atoms with Crippen molar-refractivity contribution in [1.82, 2.24) is 4.90 Å². The molecule has 5 rings (SSSR count). The van der Waals surface area contributed by atoms with Crippen LogP contribution in [0.4, 0.5) is 0 Å². The summed E-state index contributed by atoms with van der Waals surface area (Å²) in [5.41, 5.74) is 1.68. The van der Waals surface area contributed by atoms with Crippen molar-refractivity contribution in [2.24, 2.45) is 0 Å². The van der Waals surface area contributed by atoms with E-state index in [0.29, 0.717) is 23.5 Å². The Morgan fingerprint density at radius 1 is 1.03 bits per heavy atom. The largest absolute Gasteiger partial charge is 0.504 e. The van der Waals surface area contributed by atoms with E-state index in [1.54, 1.807) is 56.5 Å². The average Bonchev–Trinajstić information content (AvgIpc) is 3.45. The number of para-hydroxylation sites is 1. The predicted octanol–water partition coefficient (Wildman–Crippen LogP) is 5.32. The number of carbonyl (C=O) groups excluding carboxylic acids is 2. The van der Waals surface area contributed by atoms with Crippen molar-refractivity contribution in [2.75, 3.05) is 13.7 Å². The number of aromatic hydroxyl groups is 1. The normalized spacial score (nSPS) is 15.5. The zero-order valence-electron chi connectivity index (χ0n) is 20.3. The highest BCUT2D eigenvalue weighted by molar-refractivity contribution is 6.16. The highest BCUT2D eigenvalue weighted by Gasteiger charge is 2.44. The lowest BCUT2D eigenvalue weighted by atomic mass is 9.94. The number of ether oxygens (including phenoxy) is 2. The first-order valence-corrected chi connectivity index (χ1v) is 11.8. The van der Waals surface area contributed by atoms with Crippen LogP contribution in [0.15, 0.2) is 88.5 Å². The number of amides is 1. The smallest absolute Gasteiger partial charge is 0.290 e. The van der Waals surface area contributed by atoms with Gasteiger partial charge in [0.25, 0.3) is 5.91 Å². The highest BCUT2D eigenvalue weighted by Crippen LogP contribution is 2.42. The number of ketones is 1. The minimum Gasteiger partial charge on any atom is -0.504 e. The summed E-state index contributed by atoms with van der Waals surface area (Å²) in [6.45, 7) is 2.20. The molecule has 0 bridgehead atoms. The number of nitrogens with zero attached hydrogens (tertiary/aromatic N) is 1. The van der Waals surface area contributed by atoms with E-state index in [0.717, 1.165) is 10.9 Å². The van der Waals surface area contributed by atoms with Gasteiger partial charge in [-0.2, -0.15) is 0 Å². The molecule has 4 aromatic rings. The number of furan rings is 1. The SMILES string of the molecule is CCOc1cc(C2C(C(=O)c3cc4ccccc4o3)=C(O)C(=O)N2Cc2ccc(OC)cc2)ccc1O. The monoisotopic (exact) mass is 499 g/mol. The first-order chi connectivity index (χ1) is 17.9. The number of fused-ring (bicyclic) bond motifs is 1. The van der Waals surface area contributed by atoms with Crippen molar-refractivity contribution in [2.45, 2.75) is 19.5 Å². The van der Waals surface area contributed by atoms with Gasteiger partial charge in [-0.15, -0.1) is 0 Å². The molecule has 0 aliphatic carbocycles. The van der Waals surface area contributed by atoms with E-state index in [1.165, 1.54) is 11.0 Å². The molecule has 8 nitrogen and oxygen atoms in total. The second-order valence-corrected chi connectivity index (χ2v) is 8.58. The number of rotatable bonds is 8. The number of phenolic OH excluding ortho intramolecular Hbond substituents is 1. The van der Waals surface area contributed by atoms with Crippen LogP contribution >= 0.6 is 0 Å². The molecule has 1 unspecified atom stereocenters. The molecule has 0 spiro atoms. The van der Waals surface area contributed by atoms with Gasteiger partial charge < -0.3 is 29.0 Å². The Kier molecular flexibility index (Phi) is 6.31. The average molecular weight is 500 g/mol. The molecule has 0 radical (unpaired) electrons. The molecule has 37 heavy (non-hydrogen) atoms. The summed E-state index contributed by atoms with van der Waals surface area (Å²) in [5.74, 6) is -1.13. The first-order valence-electron chi connectivity index (χ1n) is 11.8. The summed E-state index contributed by atoms with van der Waals surface area (Å²) in [7, 11) is 1.56. The number of benzene rings is 3. The number of hydrogen-bond acceptors (Lipinski definition) is 7. The van der Waals surface area contributed by atoms with Crippen LogP contribution in [-0.4, -0.2) is 40.5 Å². The second-order valence-electron chi connectivity index (χ2n) is 8.58. The zero-order valence-corrected chi connectivity index (χ0v) is 20.3. The molecule has 8 heteroatoms. The number of carbonyl (C=O) groups is 2. The van der Waals surface area contributed by atoms with E-state index < -0.39 is 23.5 Å². The van der Waals surface area contributed by atoms with Crippen LogP contribution in [0.25, 0.3) is 11.0 Å². The Labute approximate surface area is 213 Å². The lowest BCUT2D eigenvalue weighted by Gasteiger charge is -2.27. The third-order valence-electron chi connectivity index (χ3n) is 6.31. The fraction of sp³-hybridized carbons (Fsp3) is 0.172. The lowest BCUT2D eigenvalue weighted by Crippen LogP contribution is -2.30. The van der Waals surface area contributed by atoms with Gasteiger partial charge in [0.05, 0.1) is 25.3 Å². The Bertz CT molecular complexity index is 1480. The van der Waals surface area contributed by atoms with Gasteiger partial charge in [-0.3, -0.25) is 9.59 Å². The van der Waals surface area contributed by atoms with E-state index >= 15 is 0 Å². The maximum absolute atomic E-state index is 13.7. The summed E-state index contributed by atoms with van der Waals surface area (Å²) in [5, 5.41) is 21.9. The quantitative estimate of drug-likeness (QED) is 0.316. The molecule has 1 aromatic heterocycles. The van der Waals surface area contributed by atoms with Gasteiger partial charge in [0, 0.05) is 11.9 Å². The van der Waals surface area contributed by atoms with Crippen molar-refractivity contribution in [1.29, 1.82) is 0 Å². The van der Waals surface area contributed by atoms with Gasteiger partial charge in [-0.05, 0) is 54.4 Å². The summed E-state index contributed by atoms with van der Waals surface area (Å²) in [6.07, 6.45) is 0. The number of methoxy groups -OCH3 is 1. The summed E-state index contributed by atoms with van der Waals surface area (Å²) >= 11 is 0. The summed E-state index contributed by atoms with van der Waals surface area (Å²) in [4.78, 5) is 28.5. The number of hydrogen-bond donors (Lipinski definition) is 2. The molecule has 2 N–H and O–H groups in total. The van der Waals surface area contributed by atoms with E-state index in [-0.39, 0.29) is 29.4 Å². The fourth-order valence-electron chi connectivity index (χ4n) is 4.52. The molecule has 1 amide bonds. The Hall–Kier alpha value is -4.72. The van der Waals surface area contributed by atoms with Gasteiger partial charge >= 0.3 is 0 Å². The molecule has 0 fully saturated rings. The molecular weight excluding hydrogens is 474 g/mol. The van der Waals surface area contributed by atoms with Crippen molar-refractivity contribution in [3.8, 4) is 17.2 Å². The van der Waals surface area contributed by atoms with Crippen LogP contribution < -0.4 is 9.47 Å². The van der Waals surface area contributed by atoms with Crippen LogP contribution in [0.5, 0.6) is 17.2 Å². The van der Waals surface area contributed by atoms with Crippen molar-refractivity contribution >= 4 is 22.7 Å². The number of aliphatic hydroxyl groups excluding tert-OH is 1. The third kappa shape index (κ3) is 4.38. The van der Waals surface area contributed by atoms with Crippen molar-refractivity contribution in [3.63, 3.8) is 0 Å². The topological polar surface area (TPSA) is 109 Å². The van der Waals surface area contributed by atoms with Crippen LogP contribution in [-0.2, 0) is 11.3 Å². The van der Waals surface area contributed by atoms with E-state index in [1.807, 2.05) is 24.3 Å². The second kappa shape index (κ2) is 9.73.